The summed E-state index contributed by atoms with van der Waals surface area (Å²) >= 11 is 0. The van der Waals surface area contributed by atoms with E-state index in [0.717, 1.165) is 0 Å². The van der Waals surface area contributed by atoms with Crippen LogP contribution in [0.3, 0.4) is 0 Å². The fourth-order valence-electron chi connectivity index (χ4n) is 4.45. The van der Waals surface area contributed by atoms with Gasteiger partial charge in [-0.15, -0.1) is 0 Å². The van der Waals surface area contributed by atoms with Crippen molar-refractivity contribution in [1.29, 1.82) is 0 Å². The molecule has 16 N–H and O–H groups in total. The number of nitrogens with zero attached hydrogens (tertiary/aromatic N) is 2. The molecule has 0 aliphatic carbocycles. The standard InChI is InChI=1S/C30H58N12O7/c1-15(2)13-21(27(47)39-18(6)24(44)42-22(28(48)49)14-16(3)4)41-23(43)17(5)38-26(46)20(10-8-12-37-30(34)35)40-25(45)19(31)9-7-11-36-29(32)33/h15-22H,7-14,31H2,1-6H3,(H,38,46)(H,39,47)(H,40,45)(H,41,43)(H,42,44)(H,48,49)(H4,32,33,36)(H4,34,35,37)/t17-,18-,19-,20-,21-,22-/m0/s1. The summed E-state index contributed by atoms with van der Waals surface area (Å²) in [5, 5.41) is 22.2. The van der Waals surface area contributed by atoms with Gasteiger partial charge in [0.2, 0.25) is 29.5 Å². The minimum absolute atomic E-state index is 0.00103. The van der Waals surface area contributed by atoms with Crippen molar-refractivity contribution in [2.75, 3.05) is 13.1 Å². The number of hydrogen-bond acceptors (Lipinski definition) is 9. The van der Waals surface area contributed by atoms with Gasteiger partial charge in [-0.2, -0.15) is 0 Å². The molecule has 0 aromatic heterocycles. The minimum atomic E-state index is -1.19. The second-order valence-corrected chi connectivity index (χ2v) is 12.7. The Morgan fingerprint density at radius 2 is 0.939 bits per heavy atom. The van der Waals surface area contributed by atoms with Crippen LogP contribution in [0.15, 0.2) is 9.98 Å². The van der Waals surface area contributed by atoms with Crippen LogP contribution in [0.1, 0.15) is 80.1 Å². The zero-order chi connectivity index (χ0) is 37.8. The Labute approximate surface area is 287 Å². The van der Waals surface area contributed by atoms with E-state index in [-0.39, 0.29) is 62.5 Å². The van der Waals surface area contributed by atoms with Crippen molar-refractivity contribution in [3.8, 4) is 0 Å². The average molecular weight is 699 g/mol. The molecule has 0 radical (unpaired) electrons. The third-order valence-corrected chi connectivity index (χ3v) is 7.05. The van der Waals surface area contributed by atoms with Crippen molar-refractivity contribution in [3.63, 3.8) is 0 Å². The van der Waals surface area contributed by atoms with Gasteiger partial charge in [0, 0.05) is 13.1 Å². The molecule has 0 aliphatic rings. The Morgan fingerprint density at radius 1 is 0.551 bits per heavy atom. The lowest BCUT2D eigenvalue weighted by molar-refractivity contribution is -0.142. The van der Waals surface area contributed by atoms with Gasteiger partial charge in [0.05, 0.1) is 6.04 Å². The largest absolute Gasteiger partial charge is 0.480 e. The highest BCUT2D eigenvalue weighted by atomic mass is 16.4. The summed E-state index contributed by atoms with van der Waals surface area (Å²) in [7, 11) is 0. The molecule has 0 aliphatic heterocycles. The van der Waals surface area contributed by atoms with Crippen molar-refractivity contribution in [2.24, 2.45) is 50.5 Å². The molecule has 0 saturated carbocycles. The summed E-state index contributed by atoms with van der Waals surface area (Å²) < 4.78 is 0. The number of rotatable bonds is 23. The molecule has 0 rings (SSSR count). The Hall–Kier alpha value is -4.68. The minimum Gasteiger partial charge on any atom is -0.480 e. The number of carboxylic acids is 1. The highest BCUT2D eigenvalue weighted by Crippen LogP contribution is 2.08. The summed E-state index contributed by atoms with van der Waals surface area (Å²) in [6.07, 6.45) is 1.47. The third-order valence-electron chi connectivity index (χ3n) is 7.05. The van der Waals surface area contributed by atoms with E-state index in [4.69, 9.17) is 28.7 Å². The SMILES string of the molecule is CC(C)C[C@H](NC(=O)[C@H](C)NC(=O)[C@H](CC(C)C)NC(=O)[C@H](C)NC(=O)[C@H](CCCN=C(N)N)NC(=O)[C@@H](N)CCCN=C(N)N)C(=O)O. The summed E-state index contributed by atoms with van der Waals surface area (Å²) in [6.45, 7) is 10.5. The van der Waals surface area contributed by atoms with Gasteiger partial charge in [-0.05, 0) is 64.2 Å². The number of carbonyl (C=O) groups is 6. The molecule has 0 spiro atoms. The number of hydrogen-bond donors (Lipinski definition) is 11. The quantitative estimate of drug-likeness (QED) is 0.0290. The van der Waals surface area contributed by atoms with Crippen LogP contribution in [-0.4, -0.2) is 102 Å². The number of amides is 5. The van der Waals surface area contributed by atoms with Gasteiger partial charge >= 0.3 is 5.97 Å². The molecule has 0 aromatic rings. The Kier molecular flexibility index (Phi) is 20.6. The van der Waals surface area contributed by atoms with E-state index in [1.807, 2.05) is 27.7 Å². The number of nitrogens with two attached hydrogens (primary N) is 5. The number of aliphatic carboxylic acids is 1. The molecular weight excluding hydrogens is 640 g/mol. The number of guanidine groups is 2. The van der Waals surface area contributed by atoms with Crippen LogP contribution in [0.5, 0.6) is 0 Å². The smallest absolute Gasteiger partial charge is 0.326 e. The van der Waals surface area contributed by atoms with Gasteiger partial charge in [-0.25, -0.2) is 4.79 Å². The van der Waals surface area contributed by atoms with E-state index in [9.17, 15) is 33.9 Å². The van der Waals surface area contributed by atoms with Gasteiger partial charge in [0.25, 0.3) is 0 Å². The molecular formula is C30H58N12O7. The molecule has 19 heteroatoms. The van der Waals surface area contributed by atoms with E-state index >= 15 is 0 Å². The van der Waals surface area contributed by atoms with Gasteiger partial charge in [0.1, 0.15) is 30.2 Å². The monoisotopic (exact) mass is 698 g/mol. The maximum atomic E-state index is 13.3. The number of nitrogens with one attached hydrogen (secondary N) is 5. The number of aliphatic imine (C=N–C) groups is 2. The van der Waals surface area contributed by atoms with E-state index in [1.54, 1.807) is 0 Å². The topological polar surface area (TPSA) is 338 Å². The summed E-state index contributed by atoms with van der Waals surface area (Å²) in [5.74, 6) is -4.82. The van der Waals surface area contributed by atoms with E-state index < -0.39 is 71.8 Å². The van der Waals surface area contributed by atoms with Crippen LogP contribution in [0.4, 0.5) is 0 Å². The van der Waals surface area contributed by atoms with Crippen molar-refractivity contribution >= 4 is 47.4 Å². The second kappa shape index (κ2) is 22.8. The third kappa shape index (κ3) is 19.7. The first-order valence-electron chi connectivity index (χ1n) is 16.4. The van der Waals surface area contributed by atoms with Gasteiger partial charge < -0.3 is 60.4 Å². The fourth-order valence-corrected chi connectivity index (χ4v) is 4.45. The van der Waals surface area contributed by atoms with Crippen molar-refractivity contribution in [2.45, 2.75) is 116 Å². The molecule has 0 aromatic carbocycles. The first-order valence-corrected chi connectivity index (χ1v) is 16.4. The summed E-state index contributed by atoms with van der Waals surface area (Å²) in [6, 6.07) is -6.53. The predicted molar refractivity (Wildman–Crippen MR) is 185 cm³/mol. The first kappa shape index (κ1) is 44.3. The van der Waals surface area contributed by atoms with Crippen LogP contribution in [0.25, 0.3) is 0 Å². The fraction of sp³-hybridized carbons (Fsp3) is 0.733. The molecule has 19 nitrogen and oxygen atoms in total. The zero-order valence-corrected chi connectivity index (χ0v) is 29.5. The molecule has 280 valence electrons. The van der Waals surface area contributed by atoms with E-state index in [2.05, 4.69) is 36.6 Å². The van der Waals surface area contributed by atoms with Crippen molar-refractivity contribution in [3.05, 3.63) is 0 Å². The predicted octanol–water partition coefficient (Wildman–Crippen LogP) is -2.94. The molecule has 5 amide bonds. The molecule has 0 bridgehead atoms. The Balaban J connectivity index is 5.57. The molecule has 0 fully saturated rings. The Bertz CT molecular complexity index is 1170. The average Bonchev–Trinajstić information content (AvgIpc) is 2.98. The highest BCUT2D eigenvalue weighted by Gasteiger charge is 2.31. The molecule has 0 saturated heterocycles. The summed E-state index contributed by atoms with van der Waals surface area (Å²) in [4.78, 5) is 84.3. The first-order chi connectivity index (χ1) is 22.7. The highest BCUT2D eigenvalue weighted by molar-refractivity contribution is 5.96. The molecule has 6 atom stereocenters. The van der Waals surface area contributed by atoms with Gasteiger partial charge in [-0.3, -0.25) is 34.0 Å². The van der Waals surface area contributed by atoms with E-state index in [1.165, 1.54) is 13.8 Å². The van der Waals surface area contributed by atoms with Crippen molar-refractivity contribution in [1.82, 2.24) is 26.6 Å². The van der Waals surface area contributed by atoms with E-state index in [0.29, 0.717) is 12.8 Å². The van der Waals surface area contributed by atoms with Gasteiger partial charge in [-0.1, -0.05) is 27.7 Å². The second-order valence-electron chi connectivity index (χ2n) is 12.7. The van der Waals surface area contributed by atoms with Crippen LogP contribution < -0.4 is 55.3 Å². The summed E-state index contributed by atoms with van der Waals surface area (Å²) in [5.41, 5.74) is 27.3. The van der Waals surface area contributed by atoms with Crippen molar-refractivity contribution < 1.29 is 33.9 Å². The lowest BCUT2D eigenvalue weighted by Gasteiger charge is -2.26. The van der Waals surface area contributed by atoms with Crippen LogP contribution in [0, 0.1) is 11.8 Å². The van der Waals surface area contributed by atoms with Crippen LogP contribution in [0.2, 0.25) is 0 Å². The molecule has 49 heavy (non-hydrogen) atoms. The zero-order valence-electron chi connectivity index (χ0n) is 29.5. The van der Waals surface area contributed by atoms with Gasteiger partial charge in [0.15, 0.2) is 11.9 Å². The Morgan fingerprint density at radius 3 is 1.37 bits per heavy atom. The molecule has 0 heterocycles. The number of carboxylic acid groups (broad SMARTS) is 1. The lowest BCUT2D eigenvalue weighted by Crippen LogP contribution is -2.58. The normalized spacial score (nSPS) is 14.6. The van der Waals surface area contributed by atoms with Crippen LogP contribution >= 0.6 is 0 Å². The number of carbonyl (C=O) groups excluding carboxylic acids is 5. The lowest BCUT2D eigenvalue weighted by atomic mass is 10.0. The molecule has 0 unspecified atom stereocenters. The maximum Gasteiger partial charge on any atom is 0.326 e. The maximum absolute atomic E-state index is 13.3. The van der Waals surface area contributed by atoms with Crippen LogP contribution in [-0.2, 0) is 28.8 Å².